The molecule has 0 aliphatic heterocycles. The van der Waals surface area contributed by atoms with Gasteiger partial charge < -0.3 is 31.3 Å². The van der Waals surface area contributed by atoms with E-state index in [4.69, 9.17) is 5.73 Å². The van der Waals surface area contributed by atoms with E-state index in [-0.39, 0.29) is 19.0 Å². The molecule has 0 aliphatic rings. The molecule has 0 radical (unpaired) electrons. The SMILES string of the molecule is CCCCCCCCCCC(O)CC(CC(C)O)C(N)=NCCCC(C(=O)O)N(CC(O)CCCCCCCCCC)CC(O)CCCCCCCCCC. The van der Waals surface area contributed by atoms with Crippen molar-refractivity contribution in [3.8, 4) is 0 Å². The molecule has 0 fully saturated rings. The fourth-order valence-electron chi connectivity index (χ4n) is 7.87. The summed E-state index contributed by atoms with van der Waals surface area (Å²) < 4.78 is 0. The van der Waals surface area contributed by atoms with E-state index in [0.29, 0.717) is 57.3 Å². The van der Waals surface area contributed by atoms with Crippen molar-refractivity contribution < 1.29 is 30.3 Å². The zero-order chi connectivity index (χ0) is 40.9. The monoisotopic (exact) mass is 784 g/mol. The van der Waals surface area contributed by atoms with Crippen LogP contribution in [0.3, 0.4) is 0 Å². The minimum atomic E-state index is -0.952. The van der Waals surface area contributed by atoms with Crippen LogP contribution in [0.2, 0.25) is 0 Å². The van der Waals surface area contributed by atoms with Crippen molar-refractivity contribution in [2.45, 2.75) is 257 Å². The maximum absolute atomic E-state index is 12.7. The Hall–Kier alpha value is -1.26. The van der Waals surface area contributed by atoms with E-state index in [2.05, 4.69) is 25.8 Å². The number of aliphatic imine (C=N–C) groups is 1. The van der Waals surface area contributed by atoms with Crippen molar-refractivity contribution in [2.24, 2.45) is 16.6 Å². The van der Waals surface area contributed by atoms with Crippen LogP contribution in [-0.2, 0) is 4.79 Å². The van der Waals surface area contributed by atoms with Gasteiger partial charge in [0.25, 0.3) is 0 Å². The maximum atomic E-state index is 12.7. The van der Waals surface area contributed by atoms with Crippen LogP contribution in [0.25, 0.3) is 0 Å². The lowest BCUT2D eigenvalue weighted by molar-refractivity contribution is -0.144. The molecule has 9 heteroatoms. The van der Waals surface area contributed by atoms with E-state index in [1.807, 2.05) is 0 Å². The average Bonchev–Trinajstić information content (AvgIpc) is 3.14. The lowest BCUT2D eigenvalue weighted by Crippen LogP contribution is -2.48. The van der Waals surface area contributed by atoms with Crippen molar-refractivity contribution in [3.63, 3.8) is 0 Å². The molecule has 0 aliphatic carbocycles. The number of hydrogen-bond donors (Lipinski definition) is 6. The second kappa shape index (κ2) is 38.3. The number of aliphatic carboxylic acids is 1. The Morgan fingerprint density at radius 2 is 0.891 bits per heavy atom. The van der Waals surface area contributed by atoms with Gasteiger partial charge in [-0.25, -0.2) is 0 Å². The quantitative estimate of drug-likeness (QED) is 0.0203. The van der Waals surface area contributed by atoms with Gasteiger partial charge in [-0.1, -0.05) is 175 Å². The number of aliphatic hydroxyl groups is 4. The van der Waals surface area contributed by atoms with Crippen molar-refractivity contribution in [2.75, 3.05) is 19.6 Å². The molecule has 0 amide bonds. The van der Waals surface area contributed by atoms with Gasteiger partial charge in [-0.15, -0.1) is 0 Å². The highest BCUT2D eigenvalue weighted by Crippen LogP contribution is 2.21. The lowest BCUT2D eigenvalue weighted by atomic mass is 9.92. The zero-order valence-electron chi connectivity index (χ0n) is 36.6. The van der Waals surface area contributed by atoms with Crippen LogP contribution in [0, 0.1) is 5.92 Å². The van der Waals surface area contributed by atoms with Gasteiger partial charge in [0.1, 0.15) is 6.04 Å². The molecule has 0 saturated heterocycles. The van der Waals surface area contributed by atoms with Crippen LogP contribution >= 0.6 is 0 Å². The highest BCUT2D eigenvalue weighted by atomic mass is 16.4. The molecule has 0 spiro atoms. The Bertz CT molecular complexity index is 847. The summed E-state index contributed by atoms with van der Waals surface area (Å²) >= 11 is 0. The number of rotatable bonds is 42. The van der Waals surface area contributed by atoms with E-state index in [9.17, 15) is 30.3 Å². The van der Waals surface area contributed by atoms with Crippen LogP contribution < -0.4 is 5.73 Å². The van der Waals surface area contributed by atoms with Crippen molar-refractivity contribution >= 4 is 11.8 Å². The number of nitrogens with zero attached hydrogens (tertiary/aromatic N) is 2. The number of carboxylic acid groups (broad SMARTS) is 1. The third kappa shape index (κ3) is 33.4. The Morgan fingerprint density at radius 1 is 0.527 bits per heavy atom. The number of carboxylic acids is 1. The normalized spacial score (nSPS) is 15.6. The van der Waals surface area contributed by atoms with Gasteiger partial charge in [-0.05, 0) is 51.9 Å². The maximum Gasteiger partial charge on any atom is 0.320 e. The highest BCUT2D eigenvalue weighted by Gasteiger charge is 2.29. The fraction of sp³-hybridized carbons (Fsp3) is 0.957. The summed E-state index contributed by atoms with van der Waals surface area (Å²) in [5, 5.41) is 53.4. The highest BCUT2D eigenvalue weighted by molar-refractivity contribution is 5.82. The Kier molecular flexibility index (Phi) is 37.4. The van der Waals surface area contributed by atoms with Crippen LogP contribution in [0.15, 0.2) is 4.99 Å². The molecule has 328 valence electrons. The van der Waals surface area contributed by atoms with Gasteiger partial charge in [0.05, 0.1) is 30.3 Å². The summed E-state index contributed by atoms with van der Waals surface area (Å²) in [6.07, 6.45) is 29.8. The molecule has 6 unspecified atom stereocenters. The van der Waals surface area contributed by atoms with Gasteiger partial charge >= 0.3 is 5.97 Å². The first-order chi connectivity index (χ1) is 26.5. The molecule has 6 atom stereocenters. The minimum Gasteiger partial charge on any atom is -0.480 e. The molecular weight excluding hydrogens is 691 g/mol. The van der Waals surface area contributed by atoms with E-state index < -0.39 is 36.4 Å². The molecule has 9 nitrogen and oxygen atoms in total. The van der Waals surface area contributed by atoms with E-state index in [0.717, 1.165) is 51.4 Å². The second-order valence-corrected chi connectivity index (χ2v) is 17.0. The molecule has 55 heavy (non-hydrogen) atoms. The lowest BCUT2D eigenvalue weighted by Gasteiger charge is -2.32. The standard InChI is InChI=1S/C46H93N3O6/c1-5-8-11-14-17-20-23-26-30-41(51)36-40(35-39(4)50)45(47)48-34-29-33-44(46(54)55)49(37-42(52)31-27-24-21-18-15-12-9-6-2)38-43(53)32-28-25-22-19-16-13-10-7-3/h39-44,50-53H,5-38H2,1-4H3,(H2,47,48)(H,54,55). The number of unbranched alkanes of at least 4 members (excludes halogenated alkanes) is 21. The summed E-state index contributed by atoms with van der Waals surface area (Å²) in [4.78, 5) is 19.1. The average molecular weight is 784 g/mol. The summed E-state index contributed by atoms with van der Waals surface area (Å²) in [6, 6.07) is -0.848. The smallest absolute Gasteiger partial charge is 0.320 e. The molecule has 0 rings (SSSR count). The molecule has 0 heterocycles. The Morgan fingerprint density at radius 3 is 1.25 bits per heavy atom. The molecule has 0 aromatic heterocycles. The van der Waals surface area contributed by atoms with Crippen molar-refractivity contribution in [3.05, 3.63) is 0 Å². The van der Waals surface area contributed by atoms with Gasteiger partial charge in [0, 0.05) is 25.6 Å². The van der Waals surface area contributed by atoms with Crippen molar-refractivity contribution in [1.82, 2.24) is 4.90 Å². The topological polar surface area (TPSA) is 160 Å². The Balaban J connectivity index is 5.22. The summed E-state index contributed by atoms with van der Waals surface area (Å²) in [5.41, 5.74) is 6.45. The Labute approximate surface area is 339 Å². The summed E-state index contributed by atoms with van der Waals surface area (Å²) in [7, 11) is 0. The van der Waals surface area contributed by atoms with Gasteiger partial charge in [0.2, 0.25) is 0 Å². The molecule has 0 saturated carbocycles. The van der Waals surface area contributed by atoms with Gasteiger partial charge in [0.15, 0.2) is 0 Å². The third-order valence-electron chi connectivity index (χ3n) is 11.3. The predicted octanol–water partition coefficient (Wildman–Crippen LogP) is 10.3. The van der Waals surface area contributed by atoms with E-state index >= 15 is 0 Å². The predicted molar refractivity (Wildman–Crippen MR) is 233 cm³/mol. The van der Waals surface area contributed by atoms with Crippen LogP contribution in [-0.4, -0.2) is 92.3 Å². The summed E-state index contributed by atoms with van der Waals surface area (Å²) in [6.45, 7) is 9.19. The number of carbonyl (C=O) groups is 1. The number of hydrogen-bond acceptors (Lipinski definition) is 7. The summed E-state index contributed by atoms with van der Waals surface area (Å²) in [5.74, 6) is -0.790. The fourth-order valence-corrected chi connectivity index (χ4v) is 7.87. The molecule has 0 aromatic carbocycles. The number of nitrogens with two attached hydrogens (primary N) is 1. The first-order valence-electron chi connectivity index (χ1n) is 23.5. The first-order valence-corrected chi connectivity index (χ1v) is 23.5. The second-order valence-electron chi connectivity index (χ2n) is 17.0. The van der Waals surface area contributed by atoms with Crippen LogP contribution in [0.5, 0.6) is 0 Å². The number of aliphatic hydroxyl groups excluding tert-OH is 4. The van der Waals surface area contributed by atoms with Crippen molar-refractivity contribution in [1.29, 1.82) is 0 Å². The largest absolute Gasteiger partial charge is 0.480 e. The first kappa shape index (κ1) is 53.7. The zero-order valence-corrected chi connectivity index (χ0v) is 36.6. The molecule has 0 bridgehead atoms. The van der Waals surface area contributed by atoms with Crippen LogP contribution in [0.1, 0.15) is 227 Å². The third-order valence-corrected chi connectivity index (χ3v) is 11.3. The molecular formula is C46H93N3O6. The minimum absolute atomic E-state index is 0.223. The van der Waals surface area contributed by atoms with E-state index in [1.165, 1.54) is 103 Å². The van der Waals surface area contributed by atoms with Gasteiger partial charge in [-0.2, -0.15) is 0 Å². The molecule has 0 aromatic rings. The van der Waals surface area contributed by atoms with Crippen LogP contribution in [0.4, 0.5) is 0 Å². The van der Waals surface area contributed by atoms with Gasteiger partial charge in [-0.3, -0.25) is 14.7 Å². The number of amidine groups is 1. The van der Waals surface area contributed by atoms with E-state index in [1.54, 1.807) is 11.8 Å². The molecule has 7 N–H and O–H groups in total.